The summed E-state index contributed by atoms with van der Waals surface area (Å²) in [5, 5.41) is 9.55. The summed E-state index contributed by atoms with van der Waals surface area (Å²) in [7, 11) is 1.64. The van der Waals surface area contributed by atoms with Crippen LogP contribution in [0.2, 0.25) is 0 Å². The van der Waals surface area contributed by atoms with E-state index >= 15 is 0 Å². The molecule has 2 aromatic heterocycles. The Bertz CT molecular complexity index is 933. The standard InChI is InChI=1S/C19H21N5OS/c1-20-19(25)14-10-21-18(9-16(14)23-12-4-2-3-5-12)24-13-6-7-15-17(8-13)26-11-22-15/h6-12H,2-5H2,1H3,(H,20,25)(H2,21,23,24). The Balaban J connectivity index is 1.61. The minimum atomic E-state index is -0.129. The van der Waals surface area contributed by atoms with Gasteiger partial charge in [-0.15, -0.1) is 11.3 Å². The molecule has 3 N–H and O–H groups in total. The zero-order chi connectivity index (χ0) is 17.9. The molecule has 0 atom stereocenters. The molecule has 1 aromatic carbocycles. The van der Waals surface area contributed by atoms with Crippen molar-refractivity contribution in [2.24, 2.45) is 0 Å². The van der Waals surface area contributed by atoms with Crippen LogP contribution in [0.1, 0.15) is 36.0 Å². The lowest BCUT2D eigenvalue weighted by molar-refractivity contribution is 0.0963. The number of nitrogens with one attached hydrogen (secondary N) is 3. The Kier molecular flexibility index (Phi) is 4.71. The number of anilines is 3. The number of thiazole rings is 1. The molecule has 0 spiro atoms. The molecule has 0 aliphatic heterocycles. The van der Waals surface area contributed by atoms with Gasteiger partial charge in [-0.1, -0.05) is 12.8 Å². The summed E-state index contributed by atoms with van der Waals surface area (Å²) in [6.07, 6.45) is 6.38. The van der Waals surface area contributed by atoms with E-state index in [-0.39, 0.29) is 5.91 Å². The normalized spacial score (nSPS) is 14.5. The molecule has 1 aliphatic carbocycles. The monoisotopic (exact) mass is 367 g/mol. The van der Waals surface area contributed by atoms with Gasteiger partial charge in [0.25, 0.3) is 5.91 Å². The smallest absolute Gasteiger partial charge is 0.254 e. The van der Waals surface area contributed by atoms with Crippen LogP contribution in [0, 0.1) is 0 Å². The maximum atomic E-state index is 12.2. The number of carbonyl (C=O) groups is 1. The van der Waals surface area contributed by atoms with Gasteiger partial charge in [-0.3, -0.25) is 4.79 Å². The van der Waals surface area contributed by atoms with Gasteiger partial charge >= 0.3 is 0 Å². The van der Waals surface area contributed by atoms with Gasteiger partial charge in [0.05, 0.1) is 27.0 Å². The fourth-order valence-electron chi connectivity index (χ4n) is 3.33. The minimum Gasteiger partial charge on any atom is -0.382 e. The van der Waals surface area contributed by atoms with E-state index in [1.54, 1.807) is 24.6 Å². The Labute approximate surface area is 156 Å². The van der Waals surface area contributed by atoms with Gasteiger partial charge in [-0.2, -0.15) is 0 Å². The van der Waals surface area contributed by atoms with Gasteiger partial charge in [-0.05, 0) is 31.0 Å². The topological polar surface area (TPSA) is 78.9 Å². The van der Waals surface area contributed by atoms with Crippen molar-refractivity contribution < 1.29 is 4.79 Å². The van der Waals surface area contributed by atoms with Gasteiger partial charge in [0.1, 0.15) is 5.82 Å². The molecule has 3 aromatic rings. The van der Waals surface area contributed by atoms with Crippen molar-refractivity contribution in [3.63, 3.8) is 0 Å². The molecule has 0 bridgehead atoms. The van der Waals surface area contributed by atoms with Crippen molar-refractivity contribution in [1.29, 1.82) is 0 Å². The van der Waals surface area contributed by atoms with E-state index < -0.39 is 0 Å². The Hall–Kier alpha value is -2.67. The van der Waals surface area contributed by atoms with Crippen LogP contribution < -0.4 is 16.0 Å². The van der Waals surface area contributed by atoms with Crippen LogP contribution in [0.4, 0.5) is 17.2 Å². The van der Waals surface area contributed by atoms with Gasteiger partial charge in [-0.25, -0.2) is 9.97 Å². The third-order valence-electron chi connectivity index (χ3n) is 4.69. The van der Waals surface area contributed by atoms with E-state index in [1.165, 1.54) is 12.8 Å². The highest BCUT2D eigenvalue weighted by atomic mass is 32.1. The predicted octanol–water partition coefficient (Wildman–Crippen LogP) is 4.15. The lowest BCUT2D eigenvalue weighted by Crippen LogP contribution is -2.23. The Morgan fingerprint density at radius 1 is 1.19 bits per heavy atom. The number of amides is 1. The fourth-order valence-corrected chi connectivity index (χ4v) is 4.05. The van der Waals surface area contributed by atoms with Crippen LogP contribution in [0.3, 0.4) is 0 Å². The average Bonchev–Trinajstić information content (AvgIpc) is 3.32. The number of aromatic nitrogens is 2. The Morgan fingerprint density at radius 2 is 2.04 bits per heavy atom. The van der Waals surface area contributed by atoms with Crippen LogP contribution in [0.15, 0.2) is 36.0 Å². The summed E-state index contributed by atoms with van der Waals surface area (Å²) >= 11 is 1.61. The van der Waals surface area contributed by atoms with Crippen molar-refractivity contribution in [2.75, 3.05) is 17.7 Å². The number of hydrogen-bond donors (Lipinski definition) is 3. The number of rotatable bonds is 5. The van der Waals surface area contributed by atoms with Crippen LogP contribution in [-0.2, 0) is 0 Å². The molecular weight excluding hydrogens is 346 g/mol. The van der Waals surface area contributed by atoms with E-state index in [1.807, 2.05) is 23.7 Å². The van der Waals surface area contributed by atoms with E-state index in [4.69, 9.17) is 0 Å². The number of carbonyl (C=O) groups excluding carboxylic acids is 1. The van der Waals surface area contributed by atoms with Crippen LogP contribution in [0.5, 0.6) is 0 Å². The molecule has 0 unspecified atom stereocenters. The van der Waals surface area contributed by atoms with Gasteiger partial charge < -0.3 is 16.0 Å². The number of benzene rings is 1. The van der Waals surface area contributed by atoms with E-state index in [0.717, 1.165) is 34.4 Å². The first-order valence-electron chi connectivity index (χ1n) is 8.82. The summed E-state index contributed by atoms with van der Waals surface area (Å²) in [6.45, 7) is 0. The molecule has 2 heterocycles. The zero-order valence-corrected chi connectivity index (χ0v) is 15.4. The molecule has 134 valence electrons. The highest BCUT2D eigenvalue weighted by molar-refractivity contribution is 7.16. The second-order valence-corrected chi connectivity index (χ2v) is 7.37. The third-order valence-corrected chi connectivity index (χ3v) is 5.49. The summed E-state index contributed by atoms with van der Waals surface area (Å²) < 4.78 is 1.13. The van der Waals surface area contributed by atoms with E-state index in [2.05, 4.69) is 32.0 Å². The SMILES string of the molecule is CNC(=O)c1cnc(Nc2ccc3ncsc3c2)cc1NC1CCCC1. The summed E-state index contributed by atoms with van der Waals surface area (Å²) in [5.74, 6) is 0.581. The summed E-state index contributed by atoms with van der Waals surface area (Å²) in [6, 6.07) is 8.37. The van der Waals surface area contributed by atoms with E-state index in [9.17, 15) is 4.79 Å². The van der Waals surface area contributed by atoms with Gasteiger partial charge in [0, 0.05) is 31.0 Å². The summed E-state index contributed by atoms with van der Waals surface area (Å²) in [4.78, 5) is 20.9. The molecular formula is C19H21N5OS. The first-order valence-corrected chi connectivity index (χ1v) is 9.70. The number of fused-ring (bicyclic) bond motifs is 1. The second kappa shape index (κ2) is 7.29. The average molecular weight is 367 g/mol. The van der Waals surface area contributed by atoms with Crippen molar-refractivity contribution >= 4 is 44.7 Å². The first kappa shape index (κ1) is 16.8. The van der Waals surface area contributed by atoms with Crippen molar-refractivity contribution in [2.45, 2.75) is 31.7 Å². The molecule has 0 saturated heterocycles. The molecule has 0 radical (unpaired) electrons. The molecule has 7 heteroatoms. The first-order chi connectivity index (χ1) is 12.7. The lowest BCUT2D eigenvalue weighted by atomic mass is 10.1. The third kappa shape index (κ3) is 3.48. The molecule has 26 heavy (non-hydrogen) atoms. The van der Waals surface area contributed by atoms with Gasteiger partial charge in [0.2, 0.25) is 0 Å². The molecule has 4 rings (SSSR count). The van der Waals surface area contributed by atoms with Crippen LogP contribution in [-0.4, -0.2) is 29.0 Å². The van der Waals surface area contributed by atoms with Crippen molar-refractivity contribution in [3.05, 3.63) is 41.5 Å². The molecule has 1 amide bonds. The number of hydrogen-bond acceptors (Lipinski definition) is 6. The van der Waals surface area contributed by atoms with E-state index in [0.29, 0.717) is 17.4 Å². The quantitative estimate of drug-likeness (QED) is 0.631. The fraction of sp³-hybridized carbons (Fsp3) is 0.316. The number of nitrogens with zero attached hydrogens (tertiary/aromatic N) is 2. The largest absolute Gasteiger partial charge is 0.382 e. The van der Waals surface area contributed by atoms with Gasteiger partial charge in [0.15, 0.2) is 0 Å². The lowest BCUT2D eigenvalue weighted by Gasteiger charge is -2.17. The maximum Gasteiger partial charge on any atom is 0.254 e. The molecule has 6 nitrogen and oxygen atoms in total. The Morgan fingerprint density at radius 3 is 2.85 bits per heavy atom. The zero-order valence-electron chi connectivity index (χ0n) is 14.6. The van der Waals surface area contributed by atoms with Crippen LogP contribution >= 0.6 is 11.3 Å². The highest BCUT2D eigenvalue weighted by Crippen LogP contribution is 2.28. The van der Waals surface area contributed by atoms with Crippen molar-refractivity contribution in [1.82, 2.24) is 15.3 Å². The second-order valence-electron chi connectivity index (χ2n) is 6.48. The predicted molar refractivity (Wildman–Crippen MR) is 106 cm³/mol. The minimum absolute atomic E-state index is 0.129. The highest BCUT2D eigenvalue weighted by Gasteiger charge is 2.19. The summed E-state index contributed by atoms with van der Waals surface area (Å²) in [5.41, 5.74) is 5.19. The molecule has 1 aliphatic rings. The maximum absolute atomic E-state index is 12.2. The van der Waals surface area contributed by atoms with Crippen molar-refractivity contribution in [3.8, 4) is 0 Å². The number of pyridine rings is 1. The van der Waals surface area contributed by atoms with Crippen LogP contribution in [0.25, 0.3) is 10.2 Å². The molecule has 1 fully saturated rings. The molecule has 1 saturated carbocycles.